The smallest absolute Gasteiger partial charge is 0.0776 e. The van der Waals surface area contributed by atoms with Gasteiger partial charge in [-0.3, -0.25) is 0 Å². The Morgan fingerprint density at radius 1 is 0.476 bits per heavy atom. The summed E-state index contributed by atoms with van der Waals surface area (Å²) in [5.74, 6) is 0.320. The number of para-hydroxylation sites is 2. The number of nitrogens with zero attached hydrogens (tertiary/aromatic N) is 2. The Balaban J connectivity index is 1.49. The molecule has 0 saturated heterocycles. The van der Waals surface area contributed by atoms with Crippen molar-refractivity contribution in [3.63, 3.8) is 0 Å². The molecule has 0 atom stereocenters. The second-order valence-corrected chi connectivity index (χ2v) is 32.2. The van der Waals surface area contributed by atoms with Gasteiger partial charge in [-0.05, 0) is 156 Å². The van der Waals surface area contributed by atoms with Gasteiger partial charge < -0.3 is 9.80 Å². The third-order valence-electron chi connectivity index (χ3n) is 14.6. The van der Waals surface area contributed by atoms with Crippen LogP contribution >= 0.6 is 0 Å². The molecule has 1 aliphatic rings. The maximum Gasteiger partial charge on any atom is 0.0776 e. The number of rotatable bonds is 9. The van der Waals surface area contributed by atoms with Crippen LogP contribution in [0.3, 0.4) is 0 Å². The molecule has 63 heavy (non-hydrogen) atoms. The van der Waals surface area contributed by atoms with Gasteiger partial charge in [-0.1, -0.05) is 150 Å². The fourth-order valence-electron chi connectivity index (χ4n) is 10.7. The van der Waals surface area contributed by atoms with Gasteiger partial charge in [0.2, 0.25) is 0 Å². The van der Waals surface area contributed by atoms with E-state index in [0.29, 0.717) is 5.92 Å². The van der Waals surface area contributed by atoms with Crippen molar-refractivity contribution < 1.29 is 0 Å². The lowest BCUT2D eigenvalue weighted by molar-refractivity contribution is 0.475. The average molecular weight is 861 g/mol. The zero-order valence-electron chi connectivity index (χ0n) is 40.8. The predicted molar refractivity (Wildman–Crippen MR) is 285 cm³/mol. The zero-order valence-corrected chi connectivity index (χ0v) is 42.8. The van der Waals surface area contributed by atoms with E-state index in [1.807, 2.05) is 0 Å². The molecule has 0 fully saturated rings. The molecule has 0 aliphatic heterocycles. The van der Waals surface area contributed by atoms with Gasteiger partial charge in [0.25, 0.3) is 0 Å². The molecule has 8 aromatic carbocycles. The van der Waals surface area contributed by atoms with Gasteiger partial charge in [-0.2, -0.15) is 0 Å². The molecule has 4 heteroatoms. The molecule has 0 aromatic heterocycles. The van der Waals surface area contributed by atoms with Crippen molar-refractivity contribution in [3.05, 3.63) is 154 Å². The van der Waals surface area contributed by atoms with Crippen LogP contribution in [-0.4, -0.2) is 16.1 Å². The molecular formula is C59H68N2Si2. The molecule has 0 spiro atoms. The van der Waals surface area contributed by atoms with Crippen molar-refractivity contribution in [1.29, 1.82) is 0 Å². The molecule has 0 unspecified atom stereocenters. The first kappa shape index (κ1) is 43.1. The van der Waals surface area contributed by atoms with Gasteiger partial charge in [0.15, 0.2) is 0 Å². The summed E-state index contributed by atoms with van der Waals surface area (Å²) >= 11 is 0. The quantitative estimate of drug-likeness (QED) is 0.105. The Morgan fingerprint density at radius 3 is 1.60 bits per heavy atom. The van der Waals surface area contributed by atoms with Crippen molar-refractivity contribution in [2.75, 3.05) is 9.80 Å². The number of aryl methyl sites for hydroxylation is 6. The Hall–Kier alpha value is -5.17. The molecule has 9 rings (SSSR count). The van der Waals surface area contributed by atoms with Crippen LogP contribution in [0, 0.1) is 34.6 Å². The number of hydrogen-bond donors (Lipinski definition) is 0. The van der Waals surface area contributed by atoms with Crippen LogP contribution in [0.2, 0.25) is 39.3 Å². The van der Waals surface area contributed by atoms with Crippen LogP contribution in [0.4, 0.5) is 34.1 Å². The molecule has 1 aliphatic carbocycles. The third-order valence-corrected chi connectivity index (χ3v) is 18.7. The van der Waals surface area contributed by atoms with Crippen LogP contribution in [-0.2, 0) is 11.8 Å². The zero-order chi connectivity index (χ0) is 45.1. The molecule has 2 nitrogen and oxygen atoms in total. The molecule has 322 valence electrons. The van der Waals surface area contributed by atoms with Gasteiger partial charge in [0.05, 0.1) is 33.2 Å². The summed E-state index contributed by atoms with van der Waals surface area (Å²) in [6.45, 7) is 36.1. The summed E-state index contributed by atoms with van der Waals surface area (Å²) in [4.78, 5) is 5.31. The normalized spacial score (nSPS) is 14.1. The molecule has 8 aromatic rings. The highest BCUT2D eigenvalue weighted by atomic mass is 28.3. The first-order valence-corrected chi connectivity index (χ1v) is 30.4. The minimum Gasteiger partial charge on any atom is -0.309 e. The Bertz CT molecular complexity index is 3080. The Labute approximate surface area is 380 Å². The first-order valence-electron chi connectivity index (χ1n) is 23.4. The summed E-state index contributed by atoms with van der Waals surface area (Å²) in [7, 11) is -3.29. The number of anilines is 6. The van der Waals surface area contributed by atoms with Gasteiger partial charge in [0, 0.05) is 33.2 Å². The van der Waals surface area contributed by atoms with Gasteiger partial charge in [-0.15, -0.1) is 0 Å². The van der Waals surface area contributed by atoms with Crippen LogP contribution in [0.5, 0.6) is 0 Å². The van der Waals surface area contributed by atoms with E-state index in [4.69, 9.17) is 0 Å². The average Bonchev–Trinajstić information content (AvgIpc) is 3.21. The highest BCUT2D eigenvalue weighted by Gasteiger charge is 2.35. The van der Waals surface area contributed by atoms with E-state index in [0.717, 1.165) is 12.8 Å². The molecule has 0 bridgehead atoms. The van der Waals surface area contributed by atoms with E-state index in [9.17, 15) is 0 Å². The molecule has 0 N–H and O–H groups in total. The van der Waals surface area contributed by atoms with E-state index in [2.05, 4.69) is 221 Å². The summed E-state index contributed by atoms with van der Waals surface area (Å²) in [6.07, 6.45) is 2.16. The minimum atomic E-state index is -1.66. The van der Waals surface area contributed by atoms with Gasteiger partial charge in [0.1, 0.15) is 0 Å². The summed E-state index contributed by atoms with van der Waals surface area (Å²) in [5, 5.41) is 11.3. The topological polar surface area (TPSA) is 6.48 Å². The second-order valence-electron chi connectivity index (χ2n) is 22.0. The standard InChI is InChI=1S/C59H68N2Si2/c1-36(2)47-35-54(61(58-40(6)20-18-21-41(58)7)52-33-44(63(13,14)15)26-24-39(52)5)48-34-49-55-42(29-30-59(49,8)9)31-53(46-28-27-45(47)56(48)57(46)55)60(50-22-17-16-19-37(50)3)51-32-43(62(10,11)12)25-23-38(51)4/h16-28,31-36H,29-30H2,1-15H3. The van der Waals surface area contributed by atoms with Gasteiger partial charge >= 0.3 is 0 Å². The van der Waals surface area contributed by atoms with E-state index in [-0.39, 0.29) is 5.41 Å². The fraction of sp³-hybridized carbons (Fsp3) is 0.322. The number of benzene rings is 8. The number of hydrogen-bond acceptors (Lipinski definition) is 2. The Morgan fingerprint density at radius 2 is 1.02 bits per heavy atom. The predicted octanol–water partition coefficient (Wildman–Crippen LogP) is 16.5. The monoisotopic (exact) mass is 860 g/mol. The van der Waals surface area contributed by atoms with E-state index < -0.39 is 16.1 Å². The molecule has 0 amide bonds. The van der Waals surface area contributed by atoms with E-state index in [1.54, 1.807) is 0 Å². The van der Waals surface area contributed by atoms with Crippen molar-refractivity contribution in [3.8, 4) is 0 Å². The molecule has 0 heterocycles. The highest BCUT2D eigenvalue weighted by Crippen LogP contribution is 2.55. The summed E-state index contributed by atoms with van der Waals surface area (Å²) < 4.78 is 0. The van der Waals surface area contributed by atoms with Crippen LogP contribution in [0.25, 0.3) is 32.3 Å². The Kier molecular flexibility index (Phi) is 10.4. The highest BCUT2D eigenvalue weighted by molar-refractivity contribution is 6.89. The molecule has 0 saturated carbocycles. The fourth-order valence-corrected chi connectivity index (χ4v) is 13.0. The first-order chi connectivity index (χ1) is 29.7. The molecular weight excluding hydrogens is 793 g/mol. The van der Waals surface area contributed by atoms with Gasteiger partial charge in [-0.25, -0.2) is 0 Å². The lowest BCUT2D eigenvalue weighted by Crippen LogP contribution is -2.38. The SMILES string of the molecule is Cc1ccc([Si](C)(C)C)cc1N(c1c(C)cccc1C)c1cc(C(C)C)c2ccc3c(N(c4ccccc4C)c4cc([Si](C)(C)C)ccc4C)cc4c5c(cc1c2c35)C(C)(C)CC4. The lowest BCUT2D eigenvalue weighted by atomic mass is 9.70. The lowest BCUT2D eigenvalue weighted by Gasteiger charge is -2.38. The van der Waals surface area contributed by atoms with Crippen molar-refractivity contribution >= 4 is 93.0 Å². The largest absolute Gasteiger partial charge is 0.309 e. The van der Waals surface area contributed by atoms with Crippen LogP contribution < -0.4 is 20.2 Å². The van der Waals surface area contributed by atoms with Crippen LogP contribution in [0.1, 0.15) is 84.5 Å². The van der Waals surface area contributed by atoms with E-state index >= 15 is 0 Å². The maximum atomic E-state index is 2.68. The second kappa shape index (κ2) is 15.2. The van der Waals surface area contributed by atoms with Crippen molar-refractivity contribution in [1.82, 2.24) is 0 Å². The minimum absolute atomic E-state index is 0.00430. The third kappa shape index (κ3) is 7.13. The van der Waals surface area contributed by atoms with Crippen LogP contribution in [0.15, 0.2) is 109 Å². The van der Waals surface area contributed by atoms with Crippen molar-refractivity contribution in [2.24, 2.45) is 0 Å². The summed E-state index contributed by atoms with van der Waals surface area (Å²) in [5.41, 5.74) is 18.5. The molecule has 0 radical (unpaired) electrons. The van der Waals surface area contributed by atoms with Crippen molar-refractivity contribution in [2.45, 2.75) is 126 Å². The van der Waals surface area contributed by atoms with E-state index in [1.165, 1.54) is 121 Å². The summed E-state index contributed by atoms with van der Waals surface area (Å²) in [6, 6.07) is 43.2. The maximum absolute atomic E-state index is 2.68.